The minimum absolute atomic E-state index is 0.274. The standard InChI is InChI=1S/C32H67NO/c1-2-3-4-5-6-7-8-9-10-11-12-13-14-15-16-17-18-19-20-21-22-23-24-25-26-27-28-29-30-32(34)31-33/h32,34H,2-31,33H2,1H3. The first-order valence-electron chi connectivity index (χ1n) is 16.2. The third kappa shape index (κ3) is 30.0. The molecule has 0 amide bonds. The lowest BCUT2D eigenvalue weighted by Gasteiger charge is -2.06. The maximum absolute atomic E-state index is 9.43. The van der Waals surface area contributed by atoms with Crippen molar-refractivity contribution in [1.82, 2.24) is 0 Å². The molecule has 34 heavy (non-hydrogen) atoms. The molecule has 0 heterocycles. The molecule has 0 spiro atoms. The lowest BCUT2D eigenvalue weighted by Crippen LogP contribution is -2.19. The van der Waals surface area contributed by atoms with Gasteiger partial charge in [0.25, 0.3) is 0 Å². The second-order valence-corrected chi connectivity index (χ2v) is 11.2. The number of hydrogen-bond donors (Lipinski definition) is 2. The summed E-state index contributed by atoms with van der Waals surface area (Å²) in [5.41, 5.74) is 5.43. The molecule has 1 atom stereocenters. The van der Waals surface area contributed by atoms with Crippen molar-refractivity contribution in [2.45, 2.75) is 199 Å². The van der Waals surface area contributed by atoms with Gasteiger partial charge in [-0.1, -0.05) is 187 Å². The second-order valence-electron chi connectivity index (χ2n) is 11.2. The smallest absolute Gasteiger partial charge is 0.0662 e. The van der Waals surface area contributed by atoms with Crippen LogP contribution in [0, 0.1) is 0 Å². The third-order valence-electron chi connectivity index (χ3n) is 7.66. The van der Waals surface area contributed by atoms with Crippen LogP contribution in [0.5, 0.6) is 0 Å². The van der Waals surface area contributed by atoms with E-state index in [1.807, 2.05) is 0 Å². The Balaban J connectivity index is 3.02. The van der Waals surface area contributed by atoms with E-state index in [9.17, 15) is 5.11 Å². The molecule has 0 fully saturated rings. The molecule has 0 aliphatic rings. The van der Waals surface area contributed by atoms with Gasteiger partial charge in [-0.3, -0.25) is 0 Å². The zero-order valence-electron chi connectivity index (χ0n) is 23.8. The Hall–Kier alpha value is -0.0800. The van der Waals surface area contributed by atoms with Crippen molar-refractivity contribution >= 4 is 0 Å². The van der Waals surface area contributed by atoms with Gasteiger partial charge >= 0.3 is 0 Å². The first kappa shape index (κ1) is 33.9. The Kier molecular flexibility index (Phi) is 30.9. The summed E-state index contributed by atoms with van der Waals surface area (Å²) in [6.07, 6.45) is 40.8. The second kappa shape index (κ2) is 31.0. The Bertz CT molecular complexity index is 346. The SMILES string of the molecule is CCCCCCCCCCCCCCCCCCCCCCCCCCCCCCC(O)CN. The van der Waals surface area contributed by atoms with Crippen LogP contribution in [0.3, 0.4) is 0 Å². The first-order chi connectivity index (χ1) is 16.8. The minimum Gasteiger partial charge on any atom is -0.392 e. The summed E-state index contributed by atoms with van der Waals surface area (Å²) in [7, 11) is 0. The predicted octanol–water partition coefficient (Wildman–Crippen LogP) is 10.6. The zero-order chi connectivity index (χ0) is 24.8. The van der Waals surface area contributed by atoms with Gasteiger partial charge < -0.3 is 10.8 Å². The van der Waals surface area contributed by atoms with E-state index in [-0.39, 0.29) is 6.10 Å². The number of aliphatic hydroxyl groups is 1. The average Bonchev–Trinajstić information content (AvgIpc) is 2.85. The number of aliphatic hydroxyl groups excluding tert-OH is 1. The predicted molar refractivity (Wildman–Crippen MR) is 155 cm³/mol. The minimum atomic E-state index is -0.274. The van der Waals surface area contributed by atoms with Crippen molar-refractivity contribution in [3.63, 3.8) is 0 Å². The molecule has 0 aliphatic heterocycles. The summed E-state index contributed by atoms with van der Waals surface area (Å²) in [6.45, 7) is 2.72. The Morgan fingerprint density at radius 2 is 0.588 bits per heavy atom. The number of hydrogen-bond acceptors (Lipinski definition) is 2. The Morgan fingerprint density at radius 3 is 0.794 bits per heavy atom. The van der Waals surface area contributed by atoms with Gasteiger partial charge in [-0.05, 0) is 6.42 Å². The van der Waals surface area contributed by atoms with Gasteiger partial charge in [-0.2, -0.15) is 0 Å². The Morgan fingerprint density at radius 1 is 0.382 bits per heavy atom. The van der Waals surface area contributed by atoms with Gasteiger partial charge in [-0.15, -0.1) is 0 Å². The Labute approximate surface area is 216 Å². The number of nitrogens with two attached hydrogens (primary N) is 1. The van der Waals surface area contributed by atoms with Crippen LogP contribution < -0.4 is 5.73 Å². The van der Waals surface area contributed by atoms with Crippen molar-refractivity contribution in [3.05, 3.63) is 0 Å². The van der Waals surface area contributed by atoms with Crippen molar-refractivity contribution in [1.29, 1.82) is 0 Å². The highest BCUT2D eigenvalue weighted by Gasteiger charge is 2.00. The van der Waals surface area contributed by atoms with Gasteiger partial charge in [0.05, 0.1) is 6.10 Å². The molecule has 0 aliphatic carbocycles. The lowest BCUT2D eigenvalue weighted by atomic mass is 10.0. The van der Waals surface area contributed by atoms with Crippen molar-refractivity contribution in [3.8, 4) is 0 Å². The van der Waals surface area contributed by atoms with Gasteiger partial charge in [0, 0.05) is 6.54 Å². The van der Waals surface area contributed by atoms with Gasteiger partial charge in [-0.25, -0.2) is 0 Å². The molecule has 0 saturated carbocycles. The van der Waals surface area contributed by atoms with Crippen molar-refractivity contribution in [2.24, 2.45) is 5.73 Å². The summed E-state index contributed by atoms with van der Waals surface area (Å²) < 4.78 is 0. The molecule has 0 bridgehead atoms. The summed E-state index contributed by atoms with van der Waals surface area (Å²) in [6, 6.07) is 0. The molecule has 2 nitrogen and oxygen atoms in total. The molecular formula is C32H67NO. The quantitative estimate of drug-likeness (QED) is 0.100. The molecule has 1 unspecified atom stereocenters. The van der Waals surface area contributed by atoms with Crippen LogP contribution in [-0.4, -0.2) is 17.8 Å². The molecule has 206 valence electrons. The lowest BCUT2D eigenvalue weighted by molar-refractivity contribution is 0.168. The first-order valence-corrected chi connectivity index (χ1v) is 16.2. The van der Waals surface area contributed by atoms with Crippen LogP contribution >= 0.6 is 0 Å². The molecule has 0 radical (unpaired) electrons. The van der Waals surface area contributed by atoms with Gasteiger partial charge in [0.2, 0.25) is 0 Å². The molecular weight excluding hydrogens is 414 g/mol. The summed E-state index contributed by atoms with van der Waals surface area (Å²) in [4.78, 5) is 0. The fourth-order valence-corrected chi connectivity index (χ4v) is 5.17. The fraction of sp³-hybridized carbons (Fsp3) is 1.00. The molecule has 0 aromatic rings. The van der Waals surface area contributed by atoms with Crippen molar-refractivity contribution < 1.29 is 5.11 Å². The van der Waals surface area contributed by atoms with E-state index in [1.165, 1.54) is 173 Å². The van der Waals surface area contributed by atoms with E-state index in [0.29, 0.717) is 6.54 Å². The zero-order valence-corrected chi connectivity index (χ0v) is 23.8. The highest BCUT2D eigenvalue weighted by Crippen LogP contribution is 2.16. The highest BCUT2D eigenvalue weighted by molar-refractivity contribution is 4.56. The monoisotopic (exact) mass is 482 g/mol. The number of unbranched alkanes of at least 4 members (excludes halogenated alkanes) is 27. The van der Waals surface area contributed by atoms with Crippen LogP contribution in [0.1, 0.15) is 193 Å². The van der Waals surface area contributed by atoms with E-state index in [1.54, 1.807) is 0 Å². The molecule has 0 aromatic carbocycles. The number of rotatable bonds is 30. The van der Waals surface area contributed by atoms with Crippen LogP contribution in [0.25, 0.3) is 0 Å². The molecule has 0 saturated heterocycles. The summed E-state index contributed by atoms with van der Waals surface area (Å²) >= 11 is 0. The molecule has 3 N–H and O–H groups in total. The van der Waals surface area contributed by atoms with E-state index in [2.05, 4.69) is 6.92 Å². The van der Waals surface area contributed by atoms with E-state index < -0.39 is 0 Å². The maximum atomic E-state index is 9.43. The third-order valence-corrected chi connectivity index (χ3v) is 7.66. The van der Waals surface area contributed by atoms with E-state index in [4.69, 9.17) is 5.73 Å². The summed E-state index contributed by atoms with van der Waals surface area (Å²) in [5, 5.41) is 9.43. The van der Waals surface area contributed by atoms with E-state index in [0.717, 1.165) is 12.8 Å². The summed E-state index contributed by atoms with van der Waals surface area (Å²) in [5.74, 6) is 0. The molecule has 2 heteroatoms. The normalized spacial score (nSPS) is 12.4. The van der Waals surface area contributed by atoms with Crippen LogP contribution in [0.2, 0.25) is 0 Å². The van der Waals surface area contributed by atoms with E-state index >= 15 is 0 Å². The molecule has 0 rings (SSSR count). The van der Waals surface area contributed by atoms with Crippen LogP contribution in [-0.2, 0) is 0 Å². The average molecular weight is 482 g/mol. The fourth-order valence-electron chi connectivity index (χ4n) is 5.17. The largest absolute Gasteiger partial charge is 0.392 e. The molecule has 0 aromatic heterocycles. The van der Waals surface area contributed by atoms with Crippen molar-refractivity contribution in [2.75, 3.05) is 6.54 Å². The maximum Gasteiger partial charge on any atom is 0.0662 e. The highest BCUT2D eigenvalue weighted by atomic mass is 16.3. The van der Waals surface area contributed by atoms with Gasteiger partial charge in [0.15, 0.2) is 0 Å². The van der Waals surface area contributed by atoms with Crippen LogP contribution in [0.4, 0.5) is 0 Å². The topological polar surface area (TPSA) is 46.2 Å². The van der Waals surface area contributed by atoms with Gasteiger partial charge in [0.1, 0.15) is 0 Å². The van der Waals surface area contributed by atoms with Crippen LogP contribution in [0.15, 0.2) is 0 Å².